The van der Waals surface area contributed by atoms with Crippen molar-refractivity contribution in [3.63, 3.8) is 0 Å². The second-order valence-electron chi connectivity index (χ2n) is 7.07. The fourth-order valence-electron chi connectivity index (χ4n) is 3.32. The zero-order valence-electron chi connectivity index (χ0n) is 16.3. The third kappa shape index (κ3) is 4.76. The second-order valence-corrected chi connectivity index (χ2v) is 7.07. The zero-order valence-corrected chi connectivity index (χ0v) is 16.3. The Kier molecular flexibility index (Phi) is 6.09. The van der Waals surface area contributed by atoms with Crippen LogP contribution in [0.25, 0.3) is 0 Å². The molecule has 0 aromatic heterocycles. The maximum Gasteiger partial charge on any atom is 0.253 e. The first-order valence-corrected chi connectivity index (χ1v) is 9.47. The van der Waals surface area contributed by atoms with Crippen LogP contribution in [0.5, 0.6) is 0 Å². The number of hydrogen-bond acceptors (Lipinski definition) is 3. The molecule has 0 atom stereocenters. The van der Waals surface area contributed by atoms with Crippen molar-refractivity contribution < 1.29 is 14.4 Å². The number of aryl methyl sites for hydroxylation is 1. The number of nitrogens with zero attached hydrogens (tertiary/aromatic N) is 2. The first-order chi connectivity index (χ1) is 13.4. The van der Waals surface area contributed by atoms with Gasteiger partial charge in [-0.05, 0) is 43.7 Å². The summed E-state index contributed by atoms with van der Waals surface area (Å²) in [7, 11) is 0. The average molecular weight is 379 g/mol. The molecule has 1 fully saturated rings. The van der Waals surface area contributed by atoms with Gasteiger partial charge in [-0.3, -0.25) is 14.4 Å². The summed E-state index contributed by atoms with van der Waals surface area (Å²) in [6, 6.07) is 14.5. The molecule has 3 rings (SSSR count). The van der Waals surface area contributed by atoms with Crippen molar-refractivity contribution in [3.8, 4) is 0 Å². The van der Waals surface area contributed by atoms with E-state index >= 15 is 0 Å². The van der Waals surface area contributed by atoms with Gasteiger partial charge in [-0.1, -0.05) is 23.8 Å². The molecule has 0 unspecified atom stereocenters. The minimum atomic E-state index is -0.176. The summed E-state index contributed by atoms with van der Waals surface area (Å²) in [4.78, 5) is 40.4. The Hall–Kier alpha value is -3.15. The van der Waals surface area contributed by atoms with Crippen LogP contribution in [-0.4, -0.2) is 53.7 Å². The van der Waals surface area contributed by atoms with Crippen molar-refractivity contribution >= 4 is 23.4 Å². The van der Waals surface area contributed by atoms with Crippen LogP contribution in [0.3, 0.4) is 0 Å². The Morgan fingerprint density at radius 3 is 2.04 bits per heavy atom. The zero-order chi connectivity index (χ0) is 20.1. The highest BCUT2D eigenvalue weighted by molar-refractivity contribution is 5.97. The van der Waals surface area contributed by atoms with Crippen LogP contribution in [0.4, 0.5) is 5.69 Å². The lowest BCUT2D eigenvalue weighted by Crippen LogP contribution is -2.37. The second kappa shape index (κ2) is 8.69. The van der Waals surface area contributed by atoms with E-state index in [1.54, 1.807) is 29.2 Å². The van der Waals surface area contributed by atoms with Gasteiger partial charge in [0.15, 0.2) is 0 Å². The van der Waals surface area contributed by atoms with Gasteiger partial charge >= 0.3 is 0 Å². The Balaban J connectivity index is 1.66. The van der Waals surface area contributed by atoms with E-state index in [0.29, 0.717) is 43.0 Å². The first-order valence-electron chi connectivity index (χ1n) is 9.47. The molecule has 0 aliphatic carbocycles. The molecule has 1 aliphatic rings. The third-order valence-electron chi connectivity index (χ3n) is 4.80. The van der Waals surface area contributed by atoms with E-state index in [-0.39, 0.29) is 17.7 Å². The molecule has 28 heavy (non-hydrogen) atoms. The molecule has 1 saturated heterocycles. The molecule has 1 heterocycles. The lowest BCUT2D eigenvalue weighted by atomic mass is 10.1. The topological polar surface area (TPSA) is 69.7 Å². The highest BCUT2D eigenvalue weighted by Gasteiger charge is 2.23. The van der Waals surface area contributed by atoms with Gasteiger partial charge in [0, 0.05) is 49.9 Å². The molecule has 1 N–H and O–H groups in total. The summed E-state index contributed by atoms with van der Waals surface area (Å²) in [6.45, 7) is 5.64. The highest BCUT2D eigenvalue weighted by Crippen LogP contribution is 2.16. The molecule has 0 bridgehead atoms. The van der Waals surface area contributed by atoms with Crippen LogP contribution in [0.1, 0.15) is 39.6 Å². The van der Waals surface area contributed by atoms with Crippen LogP contribution in [0.15, 0.2) is 48.5 Å². The molecule has 6 nitrogen and oxygen atoms in total. The molecular formula is C22H25N3O3. The van der Waals surface area contributed by atoms with Crippen molar-refractivity contribution in [2.24, 2.45) is 0 Å². The van der Waals surface area contributed by atoms with Gasteiger partial charge in [0.2, 0.25) is 5.91 Å². The van der Waals surface area contributed by atoms with Gasteiger partial charge in [0.05, 0.1) is 0 Å². The van der Waals surface area contributed by atoms with Crippen LogP contribution in [-0.2, 0) is 4.79 Å². The van der Waals surface area contributed by atoms with Crippen LogP contribution < -0.4 is 5.32 Å². The SMILES string of the molecule is CC(=O)Nc1cccc(C(=O)N2CCCN(C(=O)c3ccc(C)cc3)CC2)c1. The lowest BCUT2D eigenvalue weighted by Gasteiger charge is -2.22. The molecule has 146 valence electrons. The predicted molar refractivity (Wildman–Crippen MR) is 108 cm³/mol. The molecule has 3 amide bonds. The molecule has 1 aliphatic heterocycles. The van der Waals surface area contributed by atoms with Gasteiger partial charge in [-0.25, -0.2) is 0 Å². The van der Waals surface area contributed by atoms with E-state index in [9.17, 15) is 14.4 Å². The fourth-order valence-corrected chi connectivity index (χ4v) is 3.32. The number of rotatable bonds is 3. The van der Waals surface area contributed by atoms with Crippen molar-refractivity contribution in [3.05, 3.63) is 65.2 Å². The molecule has 6 heteroatoms. The molecular weight excluding hydrogens is 354 g/mol. The standard InChI is InChI=1S/C22H25N3O3/c1-16-7-9-18(10-8-16)21(27)24-11-4-12-25(14-13-24)22(28)19-5-3-6-20(15-19)23-17(2)26/h3,5-10,15H,4,11-14H2,1-2H3,(H,23,26). The number of carbonyl (C=O) groups is 3. The van der Waals surface area contributed by atoms with E-state index in [0.717, 1.165) is 12.0 Å². The van der Waals surface area contributed by atoms with Crippen LogP contribution in [0, 0.1) is 6.92 Å². The Morgan fingerprint density at radius 1 is 0.821 bits per heavy atom. The van der Waals surface area contributed by atoms with E-state index < -0.39 is 0 Å². The first kappa shape index (κ1) is 19.6. The summed E-state index contributed by atoms with van der Waals surface area (Å²) in [5.74, 6) is -0.261. The summed E-state index contributed by atoms with van der Waals surface area (Å²) in [6.07, 6.45) is 0.731. The van der Waals surface area contributed by atoms with Crippen molar-refractivity contribution in [1.82, 2.24) is 9.80 Å². The molecule has 0 saturated carbocycles. The summed E-state index contributed by atoms with van der Waals surface area (Å²) < 4.78 is 0. The van der Waals surface area contributed by atoms with Gasteiger partial charge in [-0.15, -0.1) is 0 Å². The van der Waals surface area contributed by atoms with Crippen molar-refractivity contribution in [2.75, 3.05) is 31.5 Å². The highest BCUT2D eigenvalue weighted by atomic mass is 16.2. The van der Waals surface area contributed by atoms with Crippen LogP contribution >= 0.6 is 0 Å². The number of hydrogen-bond donors (Lipinski definition) is 1. The molecule has 2 aromatic carbocycles. The molecule has 0 spiro atoms. The maximum absolute atomic E-state index is 12.9. The predicted octanol–water partition coefficient (Wildman–Crippen LogP) is 2.94. The Morgan fingerprint density at radius 2 is 1.43 bits per heavy atom. The minimum Gasteiger partial charge on any atom is -0.337 e. The smallest absolute Gasteiger partial charge is 0.253 e. The Labute approximate surface area is 165 Å². The molecule has 0 radical (unpaired) electrons. The minimum absolute atomic E-state index is 0.00181. The van der Waals surface area contributed by atoms with E-state index in [1.807, 2.05) is 36.1 Å². The van der Waals surface area contributed by atoms with Crippen LogP contribution in [0.2, 0.25) is 0 Å². The number of amides is 3. The van der Waals surface area contributed by atoms with E-state index in [2.05, 4.69) is 5.32 Å². The van der Waals surface area contributed by atoms with Crippen molar-refractivity contribution in [2.45, 2.75) is 20.3 Å². The normalized spacial score (nSPS) is 14.4. The Bertz CT molecular complexity index is 877. The average Bonchev–Trinajstić information content (AvgIpc) is 2.93. The van der Waals surface area contributed by atoms with E-state index in [4.69, 9.17) is 0 Å². The summed E-state index contributed by atoms with van der Waals surface area (Å²) in [5, 5.41) is 2.70. The third-order valence-corrected chi connectivity index (χ3v) is 4.80. The van der Waals surface area contributed by atoms with Gasteiger partial charge < -0.3 is 15.1 Å². The monoisotopic (exact) mass is 379 g/mol. The number of benzene rings is 2. The summed E-state index contributed by atoms with van der Waals surface area (Å²) >= 11 is 0. The van der Waals surface area contributed by atoms with Crippen molar-refractivity contribution in [1.29, 1.82) is 0 Å². The fraction of sp³-hybridized carbons (Fsp3) is 0.318. The number of carbonyl (C=O) groups excluding carboxylic acids is 3. The number of nitrogens with one attached hydrogen (secondary N) is 1. The van der Waals surface area contributed by atoms with Gasteiger partial charge in [0.1, 0.15) is 0 Å². The van der Waals surface area contributed by atoms with Gasteiger partial charge in [-0.2, -0.15) is 0 Å². The summed E-state index contributed by atoms with van der Waals surface area (Å²) in [5.41, 5.74) is 2.92. The largest absolute Gasteiger partial charge is 0.337 e. The maximum atomic E-state index is 12.9. The quantitative estimate of drug-likeness (QED) is 0.891. The number of anilines is 1. The lowest BCUT2D eigenvalue weighted by molar-refractivity contribution is -0.114. The van der Waals surface area contributed by atoms with Gasteiger partial charge in [0.25, 0.3) is 11.8 Å². The molecule has 2 aromatic rings. The van der Waals surface area contributed by atoms with E-state index in [1.165, 1.54) is 6.92 Å².